The van der Waals surface area contributed by atoms with Crippen LogP contribution in [0.3, 0.4) is 0 Å². The van der Waals surface area contributed by atoms with Crippen LogP contribution in [-0.2, 0) is 6.42 Å². The van der Waals surface area contributed by atoms with Crippen molar-refractivity contribution in [2.24, 2.45) is 5.41 Å². The van der Waals surface area contributed by atoms with E-state index in [1.54, 1.807) is 12.5 Å². The van der Waals surface area contributed by atoms with Gasteiger partial charge in [-0.1, -0.05) is 56.8 Å². The molecule has 3 nitrogen and oxygen atoms in total. The Balaban J connectivity index is 0.000000426. The number of benzene rings is 2. The van der Waals surface area contributed by atoms with Crippen LogP contribution < -0.4 is 5.32 Å². The van der Waals surface area contributed by atoms with E-state index in [2.05, 4.69) is 31.8 Å². The Morgan fingerprint density at radius 2 is 1.55 bits per heavy atom. The molecule has 0 aromatic heterocycles. The Kier molecular flexibility index (Phi) is 6.35. The molecule has 3 N–H and O–H groups in total. The molecule has 162 valence electrons. The minimum Gasteiger partial charge on any atom is -0.360 e. The number of hydrogen-bond acceptors (Lipinski definition) is 3. The molecule has 0 radical (unpaired) electrons. The maximum Gasteiger partial charge on any atom is 0.0385 e. The molecule has 2 aromatic carbocycles. The normalized spacial score (nSPS) is 22.6. The van der Waals surface area contributed by atoms with Gasteiger partial charge in [0.1, 0.15) is 0 Å². The van der Waals surface area contributed by atoms with E-state index in [-0.39, 0.29) is 5.41 Å². The predicted octanol–water partition coefficient (Wildman–Crippen LogP) is 7.51. The molecule has 29 heavy (non-hydrogen) atoms. The van der Waals surface area contributed by atoms with E-state index in [4.69, 9.17) is 0 Å². The van der Waals surface area contributed by atoms with E-state index in [0.29, 0.717) is 5.75 Å². The smallest absolute Gasteiger partial charge is 0.0385 e. The first kappa shape index (κ1) is 23.5. The van der Waals surface area contributed by atoms with Crippen molar-refractivity contribution in [2.75, 3.05) is 23.6 Å². The largest absolute Gasteiger partial charge is 0.360 e. The van der Waals surface area contributed by atoms with Crippen molar-refractivity contribution in [1.29, 1.82) is 0 Å². The second-order valence-corrected chi connectivity index (χ2v) is 15.8. The van der Waals surface area contributed by atoms with E-state index in [9.17, 15) is 9.11 Å². The Morgan fingerprint density at radius 3 is 2.00 bits per heavy atom. The first-order valence-electron chi connectivity index (χ1n) is 10.4. The molecule has 1 aliphatic heterocycles. The van der Waals surface area contributed by atoms with Crippen LogP contribution in [-0.4, -0.2) is 27.4 Å². The minimum atomic E-state index is -4.29. The lowest BCUT2D eigenvalue weighted by Crippen LogP contribution is -2.43. The SMILES string of the molecule is C=C(C)Nc1ccc2c(c1)CCC(CC)(CC)CS2(C)(C)(O)O.c1ccccc1. The number of aryl methyl sites for hydroxylation is 1. The minimum absolute atomic E-state index is 0.0183. The predicted molar refractivity (Wildman–Crippen MR) is 130 cm³/mol. The standard InChI is InChI=1S/C19H33NO2S.C6H6/c1-7-19(8-2)12-11-16-13-17(20-15(3)4)9-10-18(16)23(5,6,21,22)14-19;1-2-4-6-5-3-1/h9-10,13,20-22H,3,7-8,11-12,14H2,1-2,4-6H3;1-6H. The lowest BCUT2D eigenvalue weighted by molar-refractivity contribution is 0.266. The molecule has 0 aliphatic carbocycles. The van der Waals surface area contributed by atoms with E-state index in [1.807, 2.05) is 55.5 Å². The van der Waals surface area contributed by atoms with Gasteiger partial charge >= 0.3 is 0 Å². The highest BCUT2D eigenvalue weighted by Gasteiger charge is 2.51. The molecule has 2 aromatic rings. The highest BCUT2D eigenvalue weighted by atomic mass is 32.4. The molecule has 4 heteroatoms. The van der Waals surface area contributed by atoms with Crippen LogP contribution in [0.25, 0.3) is 0 Å². The number of nitrogens with one attached hydrogen (secondary N) is 1. The third-order valence-corrected chi connectivity index (χ3v) is 9.67. The van der Waals surface area contributed by atoms with Crippen molar-refractivity contribution in [3.8, 4) is 0 Å². The molecule has 0 amide bonds. The average molecular weight is 418 g/mol. The summed E-state index contributed by atoms with van der Waals surface area (Å²) in [5, 5.41) is 3.23. The quantitative estimate of drug-likeness (QED) is 0.482. The molecule has 3 rings (SSSR count). The first-order valence-corrected chi connectivity index (χ1v) is 13.8. The van der Waals surface area contributed by atoms with Gasteiger partial charge in [-0.2, -0.15) is 0 Å². The van der Waals surface area contributed by atoms with Crippen LogP contribution in [0.15, 0.2) is 71.8 Å². The van der Waals surface area contributed by atoms with Crippen molar-refractivity contribution < 1.29 is 9.11 Å². The molecule has 1 heterocycles. The molecular formula is C25H39NO2S. The van der Waals surface area contributed by atoms with Crippen molar-refractivity contribution in [2.45, 2.75) is 51.3 Å². The fourth-order valence-corrected chi connectivity index (χ4v) is 9.05. The summed E-state index contributed by atoms with van der Waals surface area (Å²) < 4.78 is 23.3. The summed E-state index contributed by atoms with van der Waals surface area (Å²) >= 11 is 0. The second-order valence-electron chi connectivity index (χ2n) is 9.52. The summed E-state index contributed by atoms with van der Waals surface area (Å²) in [6.45, 7) is 10.1. The third kappa shape index (κ3) is 5.88. The van der Waals surface area contributed by atoms with Gasteiger partial charge < -0.3 is 14.4 Å². The van der Waals surface area contributed by atoms with Crippen molar-refractivity contribution >= 4 is 14.5 Å². The summed E-state index contributed by atoms with van der Waals surface area (Å²) in [6, 6.07) is 17.9. The maximum absolute atomic E-state index is 11.6. The van der Waals surface area contributed by atoms with Crippen molar-refractivity contribution in [3.63, 3.8) is 0 Å². The van der Waals surface area contributed by atoms with Gasteiger partial charge in [0.15, 0.2) is 0 Å². The molecule has 0 spiro atoms. The molecule has 0 fully saturated rings. The molecule has 0 saturated heterocycles. The highest BCUT2D eigenvalue weighted by molar-refractivity contribution is 8.55. The summed E-state index contributed by atoms with van der Waals surface area (Å²) in [6.07, 6.45) is 7.19. The lowest BCUT2D eigenvalue weighted by atomic mass is 9.79. The number of rotatable bonds is 4. The molecule has 1 aliphatic rings. The summed E-state index contributed by atoms with van der Waals surface area (Å²) in [4.78, 5) is 0.737. The van der Waals surface area contributed by atoms with Gasteiger partial charge in [0, 0.05) is 34.5 Å². The van der Waals surface area contributed by atoms with Gasteiger partial charge in [-0.25, -0.2) is 0 Å². The second kappa shape index (κ2) is 7.82. The topological polar surface area (TPSA) is 52.5 Å². The van der Waals surface area contributed by atoms with Crippen molar-refractivity contribution in [3.05, 3.63) is 72.4 Å². The Labute approximate surface area is 176 Å². The monoisotopic (exact) mass is 417 g/mol. The Bertz CT molecular complexity index is 821. The Morgan fingerprint density at radius 1 is 1.03 bits per heavy atom. The van der Waals surface area contributed by atoms with Crippen LogP contribution in [0.4, 0.5) is 5.69 Å². The van der Waals surface area contributed by atoms with Gasteiger partial charge in [0.2, 0.25) is 0 Å². The van der Waals surface area contributed by atoms with Gasteiger partial charge in [-0.15, -0.1) is 0 Å². The summed E-state index contributed by atoms with van der Waals surface area (Å²) in [7, 11) is -4.29. The van der Waals surface area contributed by atoms with Gasteiger partial charge in [-0.3, -0.25) is 8.86 Å². The maximum atomic E-state index is 11.6. The van der Waals surface area contributed by atoms with Gasteiger partial charge in [0.05, 0.1) is 0 Å². The zero-order valence-corrected chi connectivity index (χ0v) is 19.6. The zero-order chi connectivity index (χ0) is 21.8. The first-order chi connectivity index (χ1) is 13.3. The van der Waals surface area contributed by atoms with Gasteiger partial charge in [-0.05, 0) is 61.8 Å². The van der Waals surface area contributed by atoms with Crippen LogP contribution >= 0.6 is 8.86 Å². The number of fused-ring (bicyclic) bond motifs is 1. The average Bonchev–Trinajstić information content (AvgIpc) is 2.73. The third-order valence-electron chi connectivity index (χ3n) is 6.10. The molecule has 0 saturated carbocycles. The molecular weight excluding hydrogens is 378 g/mol. The van der Waals surface area contributed by atoms with E-state index in [1.165, 1.54) is 0 Å². The van der Waals surface area contributed by atoms with Crippen LogP contribution in [0, 0.1) is 5.41 Å². The summed E-state index contributed by atoms with van der Waals surface area (Å²) in [5.41, 5.74) is 2.87. The number of anilines is 1. The van der Waals surface area contributed by atoms with Gasteiger partial charge in [0.25, 0.3) is 0 Å². The molecule has 0 atom stereocenters. The van der Waals surface area contributed by atoms with Crippen LogP contribution in [0.1, 0.15) is 45.6 Å². The van der Waals surface area contributed by atoms with E-state index >= 15 is 0 Å². The van der Waals surface area contributed by atoms with Crippen LogP contribution in [0.5, 0.6) is 0 Å². The van der Waals surface area contributed by atoms with E-state index in [0.717, 1.165) is 47.5 Å². The summed E-state index contributed by atoms with van der Waals surface area (Å²) in [5.74, 6) is 0.459. The van der Waals surface area contributed by atoms with Crippen molar-refractivity contribution in [1.82, 2.24) is 0 Å². The lowest BCUT2D eigenvalue weighted by Gasteiger charge is -2.75. The fourth-order valence-electron chi connectivity index (χ4n) is 4.60. The zero-order valence-electron chi connectivity index (χ0n) is 18.7. The highest BCUT2D eigenvalue weighted by Crippen LogP contribution is 2.86. The molecule has 0 bridgehead atoms. The van der Waals surface area contributed by atoms with E-state index < -0.39 is 8.86 Å². The number of hydrogen-bond donors (Lipinski definition) is 3. The molecule has 0 unspecified atom stereocenters. The number of allylic oxidation sites excluding steroid dienone is 1. The van der Waals surface area contributed by atoms with Crippen LogP contribution in [0.2, 0.25) is 0 Å². The Hall–Kier alpha value is -1.75. The fraction of sp³-hybridized carbons (Fsp3) is 0.440.